The number of hydrogen-bond acceptors (Lipinski definition) is 6. The third-order valence-corrected chi connectivity index (χ3v) is 4.04. The summed E-state index contributed by atoms with van der Waals surface area (Å²) in [5.74, 6) is -0.888. The van der Waals surface area contributed by atoms with Gasteiger partial charge in [0.05, 0.1) is 25.2 Å². The second-order valence-electron chi connectivity index (χ2n) is 4.33. The van der Waals surface area contributed by atoms with Crippen molar-refractivity contribution in [1.82, 2.24) is 0 Å². The Hall–Kier alpha value is -1.56. The maximum absolute atomic E-state index is 11.9. The van der Waals surface area contributed by atoms with Crippen LogP contribution in [0, 0.1) is 5.92 Å². The molecule has 5 nitrogen and oxygen atoms in total. The molecule has 0 spiro atoms. The summed E-state index contributed by atoms with van der Waals surface area (Å²) in [5.41, 5.74) is 0.533. The van der Waals surface area contributed by atoms with Gasteiger partial charge in [0.15, 0.2) is 0 Å². The molecule has 0 aliphatic carbocycles. The highest BCUT2D eigenvalue weighted by molar-refractivity contribution is 7.16. The number of hydrogen-bond donors (Lipinski definition) is 1. The fraction of sp³-hybridized carbons (Fsp3) is 0.571. The predicted molar refractivity (Wildman–Crippen MR) is 79.3 cm³/mol. The van der Waals surface area contributed by atoms with Crippen molar-refractivity contribution >= 4 is 28.3 Å². The molecule has 1 atom stereocenters. The summed E-state index contributed by atoms with van der Waals surface area (Å²) in [6.07, 6.45) is 0.852. The fourth-order valence-corrected chi connectivity index (χ4v) is 2.63. The number of methoxy groups -OCH3 is 1. The van der Waals surface area contributed by atoms with Crippen molar-refractivity contribution in [3.63, 3.8) is 0 Å². The first-order valence-corrected chi connectivity index (χ1v) is 7.46. The number of carbonyl (C=O) groups excluding carboxylic acids is 2. The highest BCUT2D eigenvalue weighted by Crippen LogP contribution is 2.29. The summed E-state index contributed by atoms with van der Waals surface area (Å²) in [6, 6.07) is 1.84. The van der Waals surface area contributed by atoms with Crippen LogP contribution in [0.5, 0.6) is 0 Å². The van der Waals surface area contributed by atoms with Crippen molar-refractivity contribution in [2.24, 2.45) is 5.92 Å². The van der Waals surface area contributed by atoms with Crippen LogP contribution in [-0.2, 0) is 20.7 Å². The summed E-state index contributed by atoms with van der Waals surface area (Å²) in [7, 11) is 1.36. The van der Waals surface area contributed by atoms with Crippen LogP contribution < -0.4 is 5.32 Å². The standard InChI is InChI=1S/C14H21NO4S/c1-5-10-7-11(14(17)19-6-2)12(20-10)15-8-9(3)13(16)18-4/h7,9,15H,5-6,8H2,1-4H3. The molecular weight excluding hydrogens is 278 g/mol. The Morgan fingerprint density at radius 3 is 2.65 bits per heavy atom. The van der Waals surface area contributed by atoms with E-state index in [1.54, 1.807) is 13.8 Å². The van der Waals surface area contributed by atoms with Gasteiger partial charge in [-0.2, -0.15) is 0 Å². The molecule has 1 N–H and O–H groups in total. The first kappa shape index (κ1) is 16.5. The molecule has 0 radical (unpaired) electrons. The molecule has 0 amide bonds. The number of aryl methyl sites for hydroxylation is 1. The highest BCUT2D eigenvalue weighted by Gasteiger charge is 2.19. The Balaban J connectivity index is 2.80. The van der Waals surface area contributed by atoms with Crippen LogP contribution in [0.15, 0.2) is 6.07 Å². The van der Waals surface area contributed by atoms with Crippen LogP contribution in [0.4, 0.5) is 5.00 Å². The van der Waals surface area contributed by atoms with Crippen LogP contribution in [-0.4, -0.2) is 32.2 Å². The largest absolute Gasteiger partial charge is 0.469 e. The van der Waals surface area contributed by atoms with E-state index in [4.69, 9.17) is 4.74 Å². The van der Waals surface area contributed by atoms with E-state index in [9.17, 15) is 9.59 Å². The van der Waals surface area contributed by atoms with Gasteiger partial charge in [-0.1, -0.05) is 13.8 Å². The highest BCUT2D eigenvalue weighted by atomic mass is 32.1. The molecule has 1 aromatic heterocycles. The van der Waals surface area contributed by atoms with Gasteiger partial charge in [-0.3, -0.25) is 4.79 Å². The van der Waals surface area contributed by atoms with Crippen molar-refractivity contribution < 1.29 is 19.1 Å². The molecule has 0 fully saturated rings. The van der Waals surface area contributed by atoms with E-state index in [1.807, 2.05) is 13.0 Å². The molecule has 1 heterocycles. The van der Waals surface area contributed by atoms with Gasteiger partial charge in [0.1, 0.15) is 5.00 Å². The third kappa shape index (κ3) is 4.23. The Morgan fingerprint density at radius 1 is 1.40 bits per heavy atom. The van der Waals surface area contributed by atoms with E-state index >= 15 is 0 Å². The third-order valence-electron chi connectivity index (χ3n) is 2.80. The van der Waals surface area contributed by atoms with Gasteiger partial charge in [-0.15, -0.1) is 11.3 Å². The van der Waals surface area contributed by atoms with Crippen LogP contribution >= 0.6 is 11.3 Å². The van der Waals surface area contributed by atoms with Crippen molar-refractivity contribution in [1.29, 1.82) is 0 Å². The van der Waals surface area contributed by atoms with Gasteiger partial charge in [-0.05, 0) is 19.4 Å². The zero-order chi connectivity index (χ0) is 15.1. The summed E-state index contributed by atoms with van der Waals surface area (Å²) in [5, 5.41) is 3.89. The number of thiophene rings is 1. The van der Waals surface area contributed by atoms with E-state index in [0.29, 0.717) is 18.7 Å². The molecule has 0 saturated carbocycles. The van der Waals surface area contributed by atoms with Gasteiger partial charge in [0.25, 0.3) is 0 Å². The van der Waals surface area contributed by atoms with Crippen LogP contribution in [0.3, 0.4) is 0 Å². The van der Waals surface area contributed by atoms with E-state index in [0.717, 1.165) is 16.3 Å². The zero-order valence-corrected chi connectivity index (χ0v) is 13.1. The molecule has 1 rings (SSSR count). The van der Waals surface area contributed by atoms with Crippen molar-refractivity contribution in [3.05, 3.63) is 16.5 Å². The second kappa shape index (κ2) is 7.89. The maximum Gasteiger partial charge on any atom is 0.341 e. The van der Waals surface area contributed by atoms with E-state index < -0.39 is 0 Å². The zero-order valence-electron chi connectivity index (χ0n) is 12.3. The quantitative estimate of drug-likeness (QED) is 0.784. The lowest BCUT2D eigenvalue weighted by atomic mass is 10.2. The van der Waals surface area contributed by atoms with E-state index in [1.165, 1.54) is 18.4 Å². The molecule has 20 heavy (non-hydrogen) atoms. The lowest BCUT2D eigenvalue weighted by molar-refractivity contribution is -0.144. The number of nitrogens with one attached hydrogen (secondary N) is 1. The normalized spacial score (nSPS) is 11.8. The van der Waals surface area contributed by atoms with Crippen molar-refractivity contribution in [2.45, 2.75) is 27.2 Å². The topological polar surface area (TPSA) is 64.6 Å². The van der Waals surface area contributed by atoms with Crippen LogP contribution in [0.25, 0.3) is 0 Å². The minimum absolute atomic E-state index is 0.276. The molecule has 0 aliphatic heterocycles. The molecule has 0 bridgehead atoms. The lowest BCUT2D eigenvalue weighted by Crippen LogP contribution is -2.21. The molecule has 1 unspecified atom stereocenters. The first-order valence-electron chi connectivity index (χ1n) is 6.64. The molecule has 0 saturated heterocycles. The number of esters is 2. The molecule has 112 valence electrons. The maximum atomic E-state index is 11.9. The number of carbonyl (C=O) groups is 2. The lowest BCUT2D eigenvalue weighted by Gasteiger charge is -2.11. The van der Waals surface area contributed by atoms with Gasteiger partial charge in [0, 0.05) is 11.4 Å². The average Bonchev–Trinajstić information content (AvgIpc) is 2.87. The number of anilines is 1. The van der Waals surface area contributed by atoms with Gasteiger partial charge >= 0.3 is 11.9 Å². The van der Waals surface area contributed by atoms with Gasteiger partial charge in [-0.25, -0.2) is 4.79 Å². The van der Waals surface area contributed by atoms with Gasteiger partial charge < -0.3 is 14.8 Å². The molecule has 1 aromatic rings. The Kier molecular flexibility index (Phi) is 6.51. The van der Waals surface area contributed by atoms with E-state index in [-0.39, 0.29) is 17.9 Å². The minimum atomic E-state index is -0.336. The van der Waals surface area contributed by atoms with Crippen molar-refractivity contribution in [2.75, 3.05) is 25.6 Å². The monoisotopic (exact) mass is 299 g/mol. The molecular formula is C14H21NO4S. The fourth-order valence-electron chi connectivity index (χ4n) is 1.64. The molecule has 0 aliphatic rings. The first-order chi connectivity index (χ1) is 9.53. The SMILES string of the molecule is CCOC(=O)c1cc(CC)sc1NCC(C)C(=O)OC. The van der Waals surface area contributed by atoms with E-state index in [2.05, 4.69) is 10.1 Å². The summed E-state index contributed by atoms with van der Waals surface area (Å²) < 4.78 is 9.71. The van der Waals surface area contributed by atoms with Crippen LogP contribution in [0.1, 0.15) is 36.0 Å². The number of rotatable bonds is 7. The van der Waals surface area contributed by atoms with Crippen molar-refractivity contribution in [3.8, 4) is 0 Å². The Bertz CT molecular complexity index is 470. The Morgan fingerprint density at radius 2 is 2.10 bits per heavy atom. The Labute approximate surface area is 123 Å². The molecule has 6 heteroatoms. The summed E-state index contributed by atoms with van der Waals surface area (Å²) >= 11 is 1.51. The van der Waals surface area contributed by atoms with Gasteiger partial charge in [0.2, 0.25) is 0 Å². The average molecular weight is 299 g/mol. The number of ether oxygens (including phenoxy) is 2. The van der Waals surface area contributed by atoms with Crippen LogP contribution in [0.2, 0.25) is 0 Å². The summed E-state index contributed by atoms with van der Waals surface area (Å²) in [4.78, 5) is 24.3. The minimum Gasteiger partial charge on any atom is -0.469 e. The smallest absolute Gasteiger partial charge is 0.341 e. The second-order valence-corrected chi connectivity index (χ2v) is 5.47. The summed E-state index contributed by atoms with van der Waals surface area (Å²) in [6.45, 7) is 6.34. The molecule has 0 aromatic carbocycles. The predicted octanol–water partition coefficient (Wildman–Crippen LogP) is 2.71.